The van der Waals surface area contributed by atoms with Crippen molar-refractivity contribution < 1.29 is 27.8 Å². The lowest BCUT2D eigenvalue weighted by molar-refractivity contribution is -0.0196. The molecule has 8 nitrogen and oxygen atoms in total. The summed E-state index contributed by atoms with van der Waals surface area (Å²) in [5.74, 6) is -3.58. The number of morpholine rings is 1. The van der Waals surface area contributed by atoms with Gasteiger partial charge in [-0.05, 0) is 22.8 Å². The van der Waals surface area contributed by atoms with Crippen LogP contribution < -0.4 is 10.4 Å². The highest BCUT2D eigenvalue weighted by Gasteiger charge is 2.47. The summed E-state index contributed by atoms with van der Waals surface area (Å²) in [4.78, 5) is 31.6. The van der Waals surface area contributed by atoms with Gasteiger partial charge in [0.2, 0.25) is 5.43 Å². The molecule has 4 heterocycles. The molecule has 12 heteroatoms. The number of aromatic hydroxyl groups is 1. The first-order valence-electron chi connectivity index (χ1n) is 11.7. The summed E-state index contributed by atoms with van der Waals surface area (Å²) in [6, 6.07) is 9.68. The van der Waals surface area contributed by atoms with Crippen LogP contribution in [-0.4, -0.2) is 51.5 Å². The molecule has 192 valence electrons. The highest BCUT2D eigenvalue weighted by Crippen LogP contribution is 2.50. The van der Waals surface area contributed by atoms with E-state index in [-0.39, 0.29) is 42.3 Å². The van der Waals surface area contributed by atoms with Gasteiger partial charge in [0.05, 0.1) is 29.8 Å². The Morgan fingerprint density at radius 2 is 1.87 bits per heavy atom. The van der Waals surface area contributed by atoms with Crippen LogP contribution in [0.1, 0.15) is 27.7 Å². The quantitative estimate of drug-likeness (QED) is 0.399. The Morgan fingerprint density at radius 3 is 2.71 bits per heavy atom. The van der Waals surface area contributed by atoms with E-state index in [4.69, 9.17) is 4.74 Å². The molecular weight excluding hydrogens is 521 g/mol. The van der Waals surface area contributed by atoms with Crippen molar-refractivity contribution in [2.75, 3.05) is 24.8 Å². The number of carbonyl (C=O) groups excluding carboxylic acids is 1. The summed E-state index contributed by atoms with van der Waals surface area (Å²) >= 11 is 0.723. The van der Waals surface area contributed by atoms with Crippen LogP contribution >= 0.6 is 11.3 Å². The summed E-state index contributed by atoms with van der Waals surface area (Å²) in [5.41, 5.74) is 0.219. The van der Waals surface area contributed by atoms with E-state index in [2.05, 4.69) is 4.98 Å². The molecule has 2 aromatic heterocycles. The van der Waals surface area contributed by atoms with Crippen LogP contribution in [0, 0.1) is 16.9 Å². The zero-order valence-corrected chi connectivity index (χ0v) is 20.2. The maximum Gasteiger partial charge on any atom is 0.278 e. The van der Waals surface area contributed by atoms with Crippen molar-refractivity contribution >= 4 is 17.2 Å². The van der Waals surface area contributed by atoms with Gasteiger partial charge in [0.25, 0.3) is 11.2 Å². The van der Waals surface area contributed by atoms with Gasteiger partial charge in [-0.25, -0.2) is 13.8 Å². The molecule has 3 aliphatic rings. The molecule has 1 amide bonds. The lowest BCUT2D eigenvalue weighted by atomic mass is 9.92. The molecule has 2 aromatic carbocycles. The summed E-state index contributed by atoms with van der Waals surface area (Å²) < 4.78 is 51.8. The normalized spacial score (nSPS) is 19.7. The summed E-state index contributed by atoms with van der Waals surface area (Å²) in [6.07, 6.45) is 0.632. The number of halogens is 3. The van der Waals surface area contributed by atoms with Gasteiger partial charge in [0, 0.05) is 24.4 Å². The Kier molecular flexibility index (Phi) is 4.94. The van der Waals surface area contributed by atoms with Crippen LogP contribution in [0.25, 0.3) is 21.7 Å². The fourth-order valence-electron chi connectivity index (χ4n) is 5.61. The standard InChI is InChI=1S/C26H17F3N4O4S/c27-15-6-5-14-18(19(15)28)20-24(38-26(29)30-20)13-4-2-1-3-12(13)21(14)33-17-11-37-10-9-31(17)25(36)22-23(35)16(34)7-8-32(22)33/h1-8,17,21,35H,9-11H2/t17-,21-/m1/s1. The number of carbonyl (C=O) groups is 1. The second kappa shape index (κ2) is 8.17. The van der Waals surface area contributed by atoms with Crippen molar-refractivity contribution in [3.8, 4) is 27.4 Å². The van der Waals surface area contributed by atoms with E-state index in [1.54, 1.807) is 29.3 Å². The van der Waals surface area contributed by atoms with Crippen LogP contribution in [-0.2, 0) is 4.74 Å². The average molecular weight is 539 g/mol. The minimum atomic E-state index is -1.18. The van der Waals surface area contributed by atoms with Crippen LogP contribution in [0.5, 0.6) is 5.75 Å². The Bertz CT molecular complexity index is 1720. The van der Waals surface area contributed by atoms with Crippen LogP contribution in [0.15, 0.2) is 53.5 Å². The van der Waals surface area contributed by atoms with E-state index in [0.717, 1.165) is 23.5 Å². The molecule has 38 heavy (non-hydrogen) atoms. The lowest BCUT2D eigenvalue weighted by Gasteiger charge is -2.51. The van der Waals surface area contributed by atoms with E-state index in [9.17, 15) is 23.5 Å². The highest BCUT2D eigenvalue weighted by atomic mass is 32.1. The second-order valence-corrected chi connectivity index (χ2v) is 10.1. The number of nitrogens with zero attached hydrogens (tertiary/aromatic N) is 4. The molecule has 1 N–H and O–H groups in total. The van der Waals surface area contributed by atoms with Crippen molar-refractivity contribution in [1.82, 2.24) is 14.6 Å². The average Bonchev–Trinajstić information content (AvgIpc) is 3.26. The first-order valence-corrected chi connectivity index (χ1v) is 12.5. The molecule has 0 saturated carbocycles. The minimum absolute atomic E-state index is 0.0257. The number of pyridine rings is 1. The number of thiazole rings is 1. The molecule has 1 fully saturated rings. The van der Waals surface area contributed by atoms with Crippen molar-refractivity contribution in [1.29, 1.82) is 0 Å². The third-order valence-electron chi connectivity index (χ3n) is 7.20. The number of amides is 1. The lowest BCUT2D eigenvalue weighted by Crippen LogP contribution is -2.66. The summed E-state index contributed by atoms with van der Waals surface area (Å²) in [7, 11) is 0. The Morgan fingerprint density at radius 1 is 1.05 bits per heavy atom. The van der Waals surface area contributed by atoms with Gasteiger partial charge in [-0.1, -0.05) is 41.7 Å². The molecular formula is C26H17F3N4O4S. The largest absolute Gasteiger partial charge is 0.502 e. The number of aromatic nitrogens is 2. The van der Waals surface area contributed by atoms with Gasteiger partial charge < -0.3 is 14.7 Å². The van der Waals surface area contributed by atoms with Gasteiger partial charge in [-0.2, -0.15) is 4.39 Å². The molecule has 0 bridgehead atoms. The predicted octanol–water partition coefficient (Wildman–Crippen LogP) is 3.61. The topological polar surface area (TPSA) is 87.9 Å². The number of hydrogen-bond acceptors (Lipinski definition) is 7. The minimum Gasteiger partial charge on any atom is -0.502 e. The molecule has 7 rings (SSSR count). The molecule has 4 aromatic rings. The van der Waals surface area contributed by atoms with Crippen LogP contribution in [0.4, 0.5) is 13.2 Å². The van der Waals surface area contributed by atoms with Gasteiger partial charge in [-0.3, -0.25) is 19.3 Å². The number of fused-ring (bicyclic) bond motifs is 7. The zero-order chi connectivity index (χ0) is 26.3. The van der Waals surface area contributed by atoms with Crippen molar-refractivity contribution in [3.63, 3.8) is 0 Å². The molecule has 2 aliphatic heterocycles. The Balaban J connectivity index is 1.60. The first kappa shape index (κ1) is 23.0. The van der Waals surface area contributed by atoms with Crippen molar-refractivity contribution in [2.24, 2.45) is 0 Å². The molecule has 0 radical (unpaired) electrons. The van der Waals surface area contributed by atoms with Gasteiger partial charge in [-0.15, -0.1) is 0 Å². The van der Waals surface area contributed by atoms with Crippen LogP contribution in [0.3, 0.4) is 0 Å². The first-order chi connectivity index (χ1) is 18.4. The number of hydrogen-bond donors (Lipinski definition) is 1. The SMILES string of the molecule is O=C1c2c(O)c(=O)ccn2N([C@@H]2c3ccccc3-c3sc(F)nc3-c3c2ccc(F)c3F)[C@@H]2COCCN12. The molecule has 2 atom stereocenters. The summed E-state index contributed by atoms with van der Waals surface area (Å²) in [5, 5.41) is 11.6. The van der Waals surface area contributed by atoms with Gasteiger partial charge in [0.15, 0.2) is 23.1 Å². The van der Waals surface area contributed by atoms with Gasteiger partial charge in [0.1, 0.15) is 6.17 Å². The fourth-order valence-corrected chi connectivity index (χ4v) is 6.45. The maximum absolute atomic E-state index is 15.6. The number of rotatable bonds is 1. The summed E-state index contributed by atoms with van der Waals surface area (Å²) in [6.45, 7) is 0.498. The predicted molar refractivity (Wildman–Crippen MR) is 131 cm³/mol. The van der Waals surface area contributed by atoms with E-state index < -0.39 is 46.2 Å². The second-order valence-electron chi connectivity index (χ2n) is 9.12. The third-order valence-corrected chi connectivity index (χ3v) is 8.08. The molecule has 0 unspecified atom stereocenters. The smallest absolute Gasteiger partial charge is 0.278 e. The van der Waals surface area contributed by atoms with Crippen LogP contribution in [0.2, 0.25) is 0 Å². The zero-order valence-electron chi connectivity index (χ0n) is 19.4. The van der Waals surface area contributed by atoms with E-state index in [0.29, 0.717) is 16.0 Å². The third kappa shape index (κ3) is 3.04. The van der Waals surface area contributed by atoms with Crippen molar-refractivity contribution in [3.05, 3.63) is 92.6 Å². The van der Waals surface area contributed by atoms with Gasteiger partial charge >= 0.3 is 0 Å². The monoisotopic (exact) mass is 538 g/mol. The molecule has 1 saturated heterocycles. The Labute approximate surface area is 216 Å². The Hall–Kier alpha value is -4.16. The number of benzene rings is 2. The maximum atomic E-state index is 15.6. The molecule has 0 spiro atoms. The number of ether oxygens (including phenoxy) is 1. The van der Waals surface area contributed by atoms with Crippen molar-refractivity contribution in [2.45, 2.75) is 12.2 Å². The van der Waals surface area contributed by atoms with E-state index in [1.165, 1.54) is 21.8 Å². The highest BCUT2D eigenvalue weighted by molar-refractivity contribution is 7.14. The fraction of sp³-hybridized carbons (Fsp3) is 0.192. The van der Waals surface area contributed by atoms with E-state index >= 15 is 4.39 Å². The molecule has 1 aliphatic carbocycles. The van der Waals surface area contributed by atoms with E-state index in [1.807, 2.05) is 0 Å².